The molecular formula is C26H24ClFN4O6. The van der Waals surface area contributed by atoms with Gasteiger partial charge in [-0.05, 0) is 47.5 Å². The summed E-state index contributed by atoms with van der Waals surface area (Å²) in [5.41, 5.74) is 3.33. The van der Waals surface area contributed by atoms with Crippen molar-refractivity contribution < 1.29 is 33.0 Å². The first-order chi connectivity index (χ1) is 18.3. The van der Waals surface area contributed by atoms with E-state index in [1.54, 1.807) is 37.4 Å². The Morgan fingerprint density at radius 1 is 1.00 bits per heavy atom. The zero-order valence-corrected chi connectivity index (χ0v) is 21.2. The van der Waals surface area contributed by atoms with E-state index in [9.17, 15) is 18.8 Å². The molecule has 0 aliphatic heterocycles. The fourth-order valence-corrected chi connectivity index (χ4v) is 3.34. The smallest absolute Gasteiger partial charge is 0.329 e. The van der Waals surface area contributed by atoms with Crippen molar-refractivity contribution in [1.29, 1.82) is 0 Å². The molecule has 0 heterocycles. The number of carbonyl (C=O) groups excluding carboxylic acids is 3. The zero-order valence-electron chi connectivity index (χ0n) is 20.4. The number of nitrogens with zero attached hydrogens (tertiary/aromatic N) is 1. The average molecular weight is 543 g/mol. The monoisotopic (exact) mass is 542 g/mol. The lowest BCUT2D eigenvalue weighted by Crippen LogP contribution is -2.37. The van der Waals surface area contributed by atoms with Gasteiger partial charge in [-0.25, -0.2) is 9.82 Å². The summed E-state index contributed by atoms with van der Waals surface area (Å²) in [6, 6.07) is 15.7. The minimum atomic E-state index is -0.964. The first-order valence-corrected chi connectivity index (χ1v) is 11.5. The highest BCUT2D eigenvalue weighted by molar-refractivity contribution is 6.35. The van der Waals surface area contributed by atoms with Gasteiger partial charge in [0.05, 0.1) is 31.1 Å². The zero-order chi connectivity index (χ0) is 27.5. The Bertz CT molecular complexity index is 1330. The summed E-state index contributed by atoms with van der Waals surface area (Å²) in [6.07, 6.45) is 1.25. The van der Waals surface area contributed by atoms with E-state index in [1.165, 1.54) is 43.7 Å². The van der Waals surface area contributed by atoms with Crippen LogP contribution >= 0.6 is 11.6 Å². The third kappa shape index (κ3) is 7.93. The molecule has 0 spiro atoms. The molecule has 0 saturated carbocycles. The minimum Gasteiger partial charge on any atom is -0.497 e. The van der Waals surface area contributed by atoms with Gasteiger partial charge >= 0.3 is 11.8 Å². The third-order valence-corrected chi connectivity index (χ3v) is 5.23. The SMILES string of the molecule is COc1ccc(CNC(=O)C(=O)N/N=C\c2cc(Cl)c(OCC(=O)Nc3ccccc3F)c(OC)c2)cc1. The van der Waals surface area contributed by atoms with Crippen molar-refractivity contribution in [3.63, 3.8) is 0 Å². The molecule has 3 aromatic carbocycles. The van der Waals surface area contributed by atoms with Crippen LogP contribution < -0.4 is 30.3 Å². The van der Waals surface area contributed by atoms with Gasteiger partial charge in [0.25, 0.3) is 5.91 Å². The van der Waals surface area contributed by atoms with Crippen molar-refractivity contribution in [3.05, 3.63) is 82.6 Å². The summed E-state index contributed by atoms with van der Waals surface area (Å²) >= 11 is 6.27. The van der Waals surface area contributed by atoms with Gasteiger partial charge in [0.1, 0.15) is 11.6 Å². The van der Waals surface area contributed by atoms with Crippen molar-refractivity contribution in [3.8, 4) is 17.2 Å². The van der Waals surface area contributed by atoms with E-state index in [0.717, 1.165) is 5.56 Å². The van der Waals surface area contributed by atoms with E-state index in [1.807, 2.05) is 0 Å². The molecule has 0 saturated heterocycles. The quantitative estimate of drug-likeness (QED) is 0.205. The van der Waals surface area contributed by atoms with Crippen molar-refractivity contribution in [2.24, 2.45) is 5.10 Å². The molecule has 198 valence electrons. The molecule has 0 aliphatic rings. The van der Waals surface area contributed by atoms with Crippen LogP contribution in [0.4, 0.5) is 10.1 Å². The molecule has 10 nitrogen and oxygen atoms in total. The maximum atomic E-state index is 13.7. The minimum absolute atomic E-state index is 0.0159. The van der Waals surface area contributed by atoms with E-state index in [0.29, 0.717) is 11.3 Å². The number of anilines is 1. The summed E-state index contributed by atoms with van der Waals surface area (Å²) in [5, 5.41) is 8.73. The Morgan fingerprint density at radius 2 is 1.74 bits per heavy atom. The molecule has 3 N–H and O–H groups in total. The molecule has 3 amide bonds. The molecule has 12 heteroatoms. The predicted octanol–water partition coefficient (Wildman–Crippen LogP) is 3.28. The van der Waals surface area contributed by atoms with Gasteiger partial charge < -0.3 is 24.8 Å². The number of ether oxygens (including phenoxy) is 3. The Kier molecular flexibility index (Phi) is 10.0. The number of carbonyl (C=O) groups is 3. The van der Waals surface area contributed by atoms with Crippen LogP contribution in [0.5, 0.6) is 17.2 Å². The second-order valence-corrected chi connectivity index (χ2v) is 7.99. The highest BCUT2D eigenvalue weighted by atomic mass is 35.5. The number of halogens is 2. The van der Waals surface area contributed by atoms with Crippen LogP contribution in [-0.4, -0.2) is 44.8 Å². The summed E-state index contributed by atoms with van der Waals surface area (Å²) < 4.78 is 29.5. The molecule has 3 aromatic rings. The number of benzene rings is 3. The lowest BCUT2D eigenvalue weighted by Gasteiger charge is -2.13. The van der Waals surface area contributed by atoms with Crippen LogP contribution in [-0.2, 0) is 20.9 Å². The first-order valence-electron chi connectivity index (χ1n) is 11.1. The number of hydrogen-bond acceptors (Lipinski definition) is 7. The number of rotatable bonds is 10. The maximum absolute atomic E-state index is 13.7. The largest absolute Gasteiger partial charge is 0.497 e. The number of para-hydroxylation sites is 1. The molecule has 0 atom stereocenters. The molecular weight excluding hydrogens is 519 g/mol. The molecule has 0 bridgehead atoms. The standard InChI is InChI=1S/C26H24ClFN4O6/c1-36-18-9-7-16(8-10-18)13-29-25(34)26(35)32-30-14-17-11-19(27)24(22(12-17)37-2)38-15-23(33)31-21-6-4-3-5-20(21)28/h3-12,14H,13,15H2,1-2H3,(H,29,34)(H,31,33)(H,32,35)/b30-14-. The summed E-state index contributed by atoms with van der Waals surface area (Å²) in [5.74, 6) is -2.08. The van der Waals surface area contributed by atoms with Gasteiger partial charge in [-0.2, -0.15) is 5.10 Å². The molecule has 0 aliphatic carbocycles. The second-order valence-electron chi connectivity index (χ2n) is 7.58. The summed E-state index contributed by atoms with van der Waals surface area (Å²) in [4.78, 5) is 36.2. The Balaban J connectivity index is 1.53. The number of amides is 3. The summed E-state index contributed by atoms with van der Waals surface area (Å²) in [7, 11) is 2.92. The van der Waals surface area contributed by atoms with Gasteiger partial charge in [-0.15, -0.1) is 0 Å². The average Bonchev–Trinajstić information content (AvgIpc) is 2.92. The molecule has 38 heavy (non-hydrogen) atoms. The van der Waals surface area contributed by atoms with Crippen LogP contribution in [0.25, 0.3) is 0 Å². The van der Waals surface area contributed by atoms with E-state index >= 15 is 0 Å². The fraction of sp³-hybridized carbons (Fsp3) is 0.154. The Hall–Kier alpha value is -4.64. The van der Waals surface area contributed by atoms with Gasteiger partial charge in [0.2, 0.25) is 0 Å². The molecule has 0 aromatic heterocycles. The Labute approximate surface area is 222 Å². The number of methoxy groups -OCH3 is 2. The predicted molar refractivity (Wildman–Crippen MR) is 139 cm³/mol. The summed E-state index contributed by atoms with van der Waals surface area (Å²) in [6.45, 7) is -0.313. The van der Waals surface area contributed by atoms with Gasteiger partial charge in [-0.1, -0.05) is 35.9 Å². The highest BCUT2D eigenvalue weighted by Gasteiger charge is 2.15. The van der Waals surface area contributed by atoms with Crippen molar-refractivity contribution in [2.75, 3.05) is 26.1 Å². The first kappa shape index (κ1) is 27.9. The highest BCUT2D eigenvalue weighted by Crippen LogP contribution is 2.36. The Morgan fingerprint density at radius 3 is 2.42 bits per heavy atom. The molecule has 0 radical (unpaired) electrons. The maximum Gasteiger partial charge on any atom is 0.329 e. The van der Waals surface area contributed by atoms with E-state index in [4.69, 9.17) is 25.8 Å². The van der Waals surface area contributed by atoms with E-state index in [-0.39, 0.29) is 28.8 Å². The van der Waals surface area contributed by atoms with Crippen LogP contribution in [0.2, 0.25) is 5.02 Å². The molecule has 0 fully saturated rings. The van der Waals surface area contributed by atoms with Gasteiger partial charge in [-0.3, -0.25) is 14.4 Å². The number of nitrogens with one attached hydrogen (secondary N) is 3. The topological polar surface area (TPSA) is 127 Å². The fourth-order valence-electron chi connectivity index (χ4n) is 3.06. The van der Waals surface area contributed by atoms with Crippen LogP contribution in [0.1, 0.15) is 11.1 Å². The van der Waals surface area contributed by atoms with Crippen molar-refractivity contribution in [2.45, 2.75) is 6.54 Å². The van der Waals surface area contributed by atoms with E-state index < -0.39 is 30.1 Å². The second kappa shape index (κ2) is 13.6. The number of hydrogen-bond donors (Lipinski definition) is 3. The molecule has 3 rings (SSSR count). The van der Waals surface area contributed by atoms with Crippen molar-refractivity contribution in [1.82, 2.24) is 10.7 Å². The lowest BCUT2D eigenvalue weighted by atomic mass is 10.2. The van der Waals surface area contributed by atoms with Crippen LogP contribution in [0.15, 0.2) is 65.8 Å². The number of hydrazone groups is 1. The van der Waals surface area contributed by atoms with Crippen molar-refractivity contribution >= 4 is 41.2 Å². The van der Waals surface area contributed by atoms with Gasteiger partial charge in [0, 0.05) is 6.54 Å². The van der Waals surface area contributed by atoms with Gasteiger partial charge in [0.15, 0.2) is 18.1 Å². The van der Waals surface area contributed by atoms with Crippen LogP contribution in [0, 0.1) is 5.82 Å². The lowest BCUT2D eigenvalue weighted by molar-refractivity contribution is -0.139. The molecule has 0 unspecified atom stereocenters. The normalized spacial score (nSPS) is 10.5. The van der Waals surface area contributed by atoms with Crippen LogP contribution in [0.3, 0.4) is 0 Å². The third-order valence-electron chi connectivity index (χ3n) is 4.95. The van der Waals surface area contributed by atoms with E-state index in [2.05, 4.69) is 21.2 Å².